The number of nitrogens with one attached hydrogen (secondary N) is 1. The first-order valence-electron chi connectivity index (χ1n) is 6.48. The van der Waals surface area contributed by atoms with Gasteiger partial charge in [-0.15, -0.1) is 0 Å². The molecule has 21 heavy (non-hydrogen) atoms. The van der Waals surface area contributed by atoms with Gasteiger partial charge in [0.05, 0.1) is 5.02 Å². The monoisotopic (exact) mass is 300 g/mol. The number of carbonyl (C=O) groups excluding carboxylic acids is 1. The number of fused-ring (bicyclic) bond motifs is 1. The number of rotatable bonds is 2. The Kier molecular flexibility index (Phi) is 3.39. The number of hydrogen-bond acceptors (Lipinski definition) is 3. The summed E-state index contributed by atoms with van der Waals surface area (Å²) in [6.07, 6.45) is 0. The maximum atomic E-state index is 12.0. The molecule has 106 valence electrons. The minimum absolute atomic E-state index is 0.157. The molecule has 1 aromatic heterocycles. The largest absolute Gasteiger partial charge is 0.441 e. The van der Waals surface area contributed by atoms with Gasteiger partial charge in [0, 0.05) is 25.1 Å². The number of benzene rings is 2. The standard InChI is InChI=1S/C16H13ClN2O2/c1-9-19-14-8-13(17)12(7-15(14)21-9)10-5-3-4-6-11(10)16(20)18-2/h3-8H,1-2H3,(H,18,20). The summed E-state index contributed by atoms with van der Waals surface area (Å²) < 4.78 is 5.54. The Bertz CT molecular complexity index is 839. The first-order valence-corrected chi connectivity index (χ1v) is 6.86. The lowest BCUT2D eigenvalue weighted by Gasteiger charge is -2.10. The van der Waals surface area contributed by atoms with Gasteiger partial charge in [-0.25, -0.2) is 4.98 Å². The van der Waals surface area contributed by atoms with Gasteiger partial charge in [-0.05, 0) is 23.8 Å². The second kappa shape index (κ2) is 5.22. The molecule has 0 fully saturated rings. The normalized spacial score (nSPS) is 10.8. The molecule has 3 rings (SSSR count). The summed E-state index contributed by atoms with van der Waals surface area (Å²) in [5.41, 5.74) is 3.44. The van der Waals surface area contributed by atoms with E-state index in [-0.39, 0.29) is 5.91 Å². The number of aromatic nitrogens is 1. The van der Waals surface area contributed by atoms with Crippen molar-refractivity contribution in [2.45, 2.75) is 6.92 Å². The molecule has 0 atom stereocenters. The molecule has 1 heterocycles. The van der Waals surface area contributed by atoms with Crippen LogP contribution in [0.4, 0.5) is 0 Å². The van der Waals surface area contributed by atoms with Gasteiger partial charge in [0.1, 0.15) is 5.52 Å². The van der Waals surface area contributed by atoms with Crippen LogP contribution in [0.15, 0.2) is 40.8 Å². The van der Waals surface area contributed by atoms with Gasteiger partial charge >= 0.3 is 0 Å². The molecule has 0 spiro atoms. The molecule has 0 aliphatic rings. The van der Waals surface area contributed by atoms with Gasteiger partial charge in [0.25, 0.3) is 5.91 Å². The third-order valence-corrected chi connectivity index (χ3v) is 3.59. The van der Waals surface area contributed by atoms with Crippen LogP contribution >= 0.6 is 11.6 Å². The Balaban J connectivity index is 2.25. The molecule has 0 aliphatic carbocycles. The van der Waals surface area contributed by atoms with Crippen molar-refractivity contribution in [1.29, 1.82) is 0 Å². The Morgan fingerprint density at radius 2 is 2.00 bits per heavy atom. The van der Waals surface area contributed by atoms with Crippen LogP contribution in [-0.4, -0.2) is 17.9 Å². The first-order chi connectivity index (χ1) is 10.1. The molecule has 4 nitrogen and oxygen atoms in total. The van der Waals surface area contributed by atoms with Gasteiger partial charge in [-0.3, -0.25) is 4.79 Å². The zero-order chi connectivity index (χ0) is 15.0. The van der Waals surface area contributed by atoms with Gasteiger partial charge in [-0.1, -0.05) is 29.8 Å². The highest BCUT2D eigenvalue weighted by Crippen LogP contribution is 2.34. The zero-order valence-electron chi connectivity index (χ0n) is 11.6. The van der Waals surface area contributed by atoms with Crippen molar-refractivity contribution in [3.8, 4) is 11.1 Å². The maximum absolute atomic E-state index is 12.0. The summed E-state index contributed by atoms with van der Waals surface area (Å²) in [5.74, 6) is 0.424. The second-order valence-electron chi connectivity index (χ2n) is 4.66. The van der Waals surface area contributed by atoms with Crippen molar-refractivity contribution in [2.75, 3.05) is 7.05 Å². The lowest BCUT2D eigenvalue weighted by atomic mass is 9.99. The first kappa shape index (κ1) is 13.6. The van der Waals surface area contributed by atoms with Crippen molar-refractivity contribution in [3.05, 3.63) is 52.9 Å². The van der Waals surface area contributed by atoms with Gasteiger partial charge < -0.3 is 9.73 Å². The van der Waals surface area contributed by atoms with E-state index in [1.165, 1.54) is 0 Å². The van der Waals surface area contributed by atoms with Crippen LogP contribution in [0.1, 0.15) is 16.2 Å². The highest BCUT2D eigenvalue weighted by atomic mass is 35.5. The van der Waals surface area contributed by atoms with Crippen LogP contribution in [0.2, 0.25) is 5.02 Å². The van der Waals surface area contributed by atoms with Crippen molar-refractivity contribution < 1.29 is 9.21 Å². The highest BCUT2D eigenvalue weighted by molar-refractivity contribution is 6.34. The summed E-state index contributed by atoms with van der Waals surface area (Å²) in [5, 5.41) is 3.17. The van der Waals surface area contributed by atoms with E-state index in [9.17, 15) is 4.79 Å². The van der Waals surface area contributed by atoms with Crippen molar-refractivity contribution in [1.82, 2.24) is 10.3 Å². The number of aryl methyl sites for hydroxylation is 1. The molecule has 0 saturated carbocycles. The molecular formula is C16H13ClN2O2. The minimum Gasteiger partial charge on any atom is -0.441 e. The smallest absolute Gasteiger partial charge is 0.251 e. The molecule has 2 aromatic carbocycles. The number of halogens is 1. The summed E-state index contributed by atoms with van der Waals surface area (Å²) in [7, 11) is 1.60. The number of amides is 1. The summed E-state index contributed by atoms with van der Waals surface area (Å²) in [4.78, 5) is 16.2. The van der Waals surface area contributed by atoms with E-state index in [0.29, 0.717) is 27.6 Å². The van der Waals surface area contributed by atoms with Crippen molar-refractivity contribution in [3.63, 3.8) is 0 Å². The van der Waals surface area contributed by atoms with E-state index < -0.39 is 0 Å². The molecule has 3 aromatic rings. The lowest BCUT2D eigenvalue weighted by molar-refractivity contribution is 0.0963. The SMILES string of the molecule is CNC(=O)c1ccccc1-c1cc2oc(C)nc2cc1Cl. The van der Waals surface area contributed by atoms with Crippen LogP contribution in [0, 0.1) is 6.92 Å². The highest BCUT2D eigenvalue weighted by Gasteiger charge is 2.15. The fourth-order valence-electron chi connectivity index (χ4n) is 2.32. The van der Waals surface area contributed by atoms with Crippen molar-refractivity contribution in [2.24, 2.45) is 0 Å². The molecule has 0 bridgehead atoms. The van der Waals surface area contributed by atoms with E-state index >= 15 is 0 Å². The third kappa shape index (κ3) is 2.38. The minimum atomic E-state index is -0.157. The fourth-order valence-corrected chi connectivity index (χ4v) is 2.58. The molecule has 1 N–H and O–H groups in total. The second-order valence-corrected chi connectivity index (χ2v) is 5.06. The lowest BCUT2D eigenvalue weighted by Crippen LogP contribution is -2.18. The van der Waals surface area contributed by atoms with E-state index in [2.05, 4.69) is 10.3 Å². The van der Waals surface area contributed by atoms with Crippen LogP contribution in [-0.2, 0) is 0 Å². The zero-order valence-corrected chi connectivity index (χ0v) is 12.4. The van der Waals surface area contributed by atoms with Crippen LogP contribution < -0.4 is 5.32 Å². The topological polar surface area (TPSA) is 55.1 Å². The molecule has 0 saturated heterocycles. The Labute approximate surface area is 126 Å². The number of carbonyl (C=O) groups is 1. The number of nitrogens with zero attached hydrogens (tertiary/aromatic N) is 1. The van der Waals surface area contributed by atoms with E-state index in [4.69, 9.17) is 16.0 Å². The van der Waals surface area contributed by atoms with E-state index in [1.807, 2.05) is 24.3 Å². The Morgan fingerprint density at radius 3 is 2.76 bits per heavy atom. The maximum Gasteiger partial charge on any atom is 0.251 e. The van der Waals surface area contributed by atoms with E-state index in [1.54, 1.807) is 26.1 Å². The average molecular weight is 301 g/mol. The predicted molar refractivity (Wildman–Crippen MR) is 82.6 cm³/mol. The quantitative estimate of drug-likeness (QED) is 0.783. The molecule has 1 amide bonds. The third-order valence-electron chi connectivity index (χ3n) is 3.27. The van der Waals surface area contributed by atoms with Gasteiger partial charge in [-0.2, -0.15) is 0 Å². The molecule has 0 radical (unpaired) electrons. The summed E-state index contributed by atoms with van der Waals surface area (Å²) >= 11 is 6.35. The van der Waals surface area contributed by atoms with Crippen molar-refractivity contribution >= 4 is 28.6 Å². The predicted octanol–water partition coefficient (Wildman–Crippen LogP) is 3.82. The van der Waals surface area contributed by atoms with E-state index in [0.717, 1.165) is 11.1 Å². The Morgan fingerprint density at radius 1 is 1.24 bits per heavy atom. The van der Waals surface area contributed by atoms with Crippen LogP contribution in [0.3, 0.4) is 0 Å². The summed E-state index contributed by atoms with van der Waals surface area (Å²) in [6.45, 7) is 1.78. The van der Waals surface area contributed by atoms with Gasteiger partial charge in [0.2, 0.25) is 0 Å². The number of oxazole rings is 1. The van der Waals surface area contributed by atoms with Crippen LogP contribution in [0.5, 0.6) is 0 Å². The molecule has 0 unspecified atom stereocenters. The summed E-state index contributed by atoms with van der Waals surface area (Å²) in [6, 6.07) is 10.9. The fraction of sp³-hybridized carbons (Fsp3) is 0.125. The average Bonchev–Trinajstić information content (AvgIpc) is 2.84. The molecular weight excluding hydrogens is 288 g/mol. The Hall–Kier alpha value is -2.33. The molecule has 5 heteroatoms. The molecule has 0 aliphatic heterocycles. The number of hydrogen-bond donors (Lipinski definition) is 1. The van der Waals surface area contributed by atoms with Gasteiger partial charge in [0.15, 0.2) is 11.5 Å². The van der Waals surface area contributed by atoms with Crippen LogP contribution in [0.25, 0.3) is 22.2 Å².